The molecule has 192 valence electrons. The van der Waals surface area contributed by atoms with Crippen LogP contribution in [-0.2, 0) is 6.42 Å². The second-order valence-electron chi connectivity index (χ2n) is 8.31. The number of Topliss-reactive ketones (excluding diaryl/α,β-unsaturated/α-hetero) is 2. The van der Waals surface area contributed by atoms with E-state index in [9.17, 15) is 19.8 Å². The van der Waals surface area contributed by atoms with E-state index >= 15 is 0 Å². The molecule has 8 heteroatoms. The zero-order valence-corrected chi connectivity index (χ0v) is 21.9. The van der Waals surface area contributed by atoms with Crippen LogP contribution in [0.4, 0.5) is 0 Å². The average molecular weight is 489 g/mol. The molecule has 0 heterocycles. The van der Waals surface area contributed by atoms with Crippen LogP contribution in [0.5, 0.6) is 34.5 Å². The van der Waals surface area contributed by atoms with Gasteiger partial charge in [-0.3, -0.25) is 9.59 Å². The van der Waals surface area contributed by atoms with Crippen LogP contribution in [0, 0.1) is 13.8 Å². The molecular weight excluding hydrogens is 452 g/mol. The number of carbonyl (C=O) groups is 2. The van der Waals surface area contributed by atoms with Gasteiger partial charge >= 0.3 is 0 Å². The van der Waals surface area contributed by atoms with Gasteiger partial charge < -0.3 is 29.2 Å². The van der Waals surface area contributed by atoms with Crippen molar-refractivity contribution >= 4 is 11.6 Å². The number of ether oxygens (including phenoxy) is 4. The lowest BCUT2D eigenvalue weighted by atomic mass is 9.89. The Kier molecular flexibility index (Phi) is 9.40. The second kappa shape index (κ2) is 11.8. The number of phenolic OH excluding ortho intramolecular Hbond substituents is 2. The number of hydrogen-bond acceptors (Lipinski definition) is 8. The lowest BCUT2D eigenvalue weighted by molar-refractivity contribution is 0.0967. The molecule has 0 unspecified atom stereocenters. The van der Waals surface area contributed by atoms with Crippen LogP contribution in [0.25, 0.3) is 0 Å². The predicted molar refractivity (Wildman–Crippen MR) is 133 cm³/mol. The molecule has 0 saturated heterocycles. The molecule has 0 aliphatic carbocycles. The fourth-order valence-electron chi connectivity index (χ4n) is 4.50. The van der Waals surface area contributed by atoms with E-state index < -0.39 is 0 Å². The van der Waals surface area contributed by atoms with Gasteiger partial charge in [-0.25, -0.2) is 0 Å². The van der Waals surface area contributed by atoms with E-state index in [2.05, 4.69) is 0 Å². The van der Waals surface area contributed by atoms with E-state index in [1.54, 1.807) is 13.8 Å². The number of methoxy groups -OCH3 is 4. The van der Waals surface area contributed by atoms with Crippen LogP contribution in [0.1, 0.15) is 82.5 Å². The average Bonchev–Trinajstić information content (AvgIpc) is 2.83. The summed E-state index contributed by atoms with van der Waals surface area (Å²) >= 11 is 0. The molecular formula is C27H36O8. The standard InChI is InChI=1S/C27H36O8/c1-9-11-18(28)20-23(31)17(24(32-5)15(4)26(20)34-7)13-16-22(30)14(3)25(33-6)21(27(16)35-8)19(29)12-10-2/h30-31H,9-13H2,1-8H3. The van der Waals surface area contributed by atoms with E-state index in [1.165, 1.54) is 28.4 Å². The van der Waals surface area contributed by atoms with E-state index in [-0.39, 0.29) is 81.8 Å². The molecule has 2 aromatic carbocycles. The number of benzene rings is 2. The number of ketones is 2. The van der Waals surface area contributed by atoms with Gasteiger partial charge in [0.25, 0.3) is 0 Å². The molecule has 8 nitrogen and oxygen atoms in total. The summed E-state index contributed by atoms with van der Waals surface area (Å²) in [4.78, 5) is 26.0. The molecule has 2 rings (SSSR count). The van der Waals surface area contributed by atoms with Crippen LogP contribution < -0.4 is 18.9 Å². The highest BCUT2D eigenvalue weighted by Gasteiger charge is 2.31. The third kappa shape index (κ3) is 5.01. The summed E-state index contributed by atoms with van der Waals surface area (Å²) in [7, 11) is 5.71. The summed E-state index contributed by atoms with van der Waals surface area (Å²) in [5.41, 5.74) is 1.75. The maximum atomic E-state index is 13.0. The third-order valence-corrected chi connectivity index (χ3v) is 6.10. The molecule has 2 N–H and O–H groups in total. The van der Waals surface area contributed by atoms with Gasteiger partial charge in [0.1, 0.15) is 45.6 Å². The quantitative estimate of drug-likeness (QED) is 0.387. The first-order valence-corrected chi connectivity index (χ1v) is 11.6. The number of rotatable bonds is 12. The Hall–Kier alpha value is -3.42. The highest BCUT2D eigenvalue weighted by atomic mass is 16.5. The largest absolute Gasteiger partial charge is 0.507 e. The Morgan fingerprint density at radius 1 is 0.629 bits per heavy atom. The Bertz CT molecular complexity index is 1120. The zero-order chi connectivity index (χ0) is 26.4. The fourth-order valence-corrected chi connectivity index (χ4v) is 4.50. The lowest BCUT2D eigenvalue weighted by Crippen LogP contribution is -2.11. The molecule has 0 bridgehead atoms. The first-order chi connectivity index (χ1) is 16.6. The molecule has 0 amide bonds. The van der Waals surface area contributed by atoms with Crippen molar-refractivity contribution in [1.82, 2.24) is 0 Å². The van der Waals surface area contributed by atoms with Gasteiger partial charge in [-0.05, 0) is 26.7 Å². The Morgan fingerprint density at radius 2 is 1.06 bits per heavy atom. The summed E-state index contributed by atoms with van der Waals surface area (Å²) in [6.45, 7) is 7.14. The summed E-state index contributed by atoms with van der Waals surface area (Å²) in [5, 5.41) is 22.4. The Balaban J connectivity index is 2.93. The molecule has 0 aromatic heterocycles. The molecule has 2 aromatic rings. The minimum Gasteiger partial charge on any atom is -0.507 e. The van der Waals surface area contributed by atoms with Gasteiger partial charge in [0, 0.05) is 41.5 Å². The van der Waals surface area contributed by atoms with Crippen molar-refractivity contribution in [2.24, 2.45) is 0 Å². The van der Waals surface area contributed by atoms with Crippen LogP contribution in [0.15, 0.2) is 0 Å². The van der Waals surface area contributed by atoms with Gasteiger partial charge in [0.15, 0.2) is 11.6 Å². The van der Waals surface area contributed by atoms with Crippen LogP contribution in [0.2, 0.25) is 0 Å². The molecule has 0 atom stereocenters. The number of aromatic hydroxyl groups is 2. The highest BCUT2D eigenvalue weighted by molar-refractivity contribution is 6.04. The smallest absolute Gasteiger partial charge is 0.170 e. The maximum absolute atomic E-state index is 13.0. The van der Waals surface area contributed by atoms with Crippen molar-refractivity contribution in [1.29, 1.82) is 0 Å². The van der Waals surface area contributed by atoms with Gasteiger partial charge in [0.05, 0.1) is 28.4 Å². The third-order valence-electron chi connectivity index (χ3n) is 6.10. The Labute approximate surface area is 206 Å². The van der Waals surface area contributed by atoms with Crippen molar-refractivity contribution in [3.05, 3.63) is 33.4 Å². The normalized spacial score (nSPS) is 10.7. The second-order valence-corrected chi connectivity index (χ2v) is 8.31. The van der Waals surface area contributed by atoms with Crippen molar-refractivity contribution in [3.8, 4) is 34.5 Å². The minimum atomic E-state index is -0.292. The van der Waals surface area contributed by atoms with E-state index in [4.69, 9.17) is 18.9 Å². The maximum Gasteiger partial charge on any atom is 0.170 e. The SMILES string of the molecule is CCCC(=O)c1c(O)c(Cc2c(O)c(C)c(OC)c(C(=O)CCC)c2OC)c(OC)c(C)c1OC. The summed E-state index contributed by atoms with van der Waals surface area (Å²) in [6, 6.07) is 0. The lowest BCUT2D eigenvalue weighted by Gasteiger charge is -2.23. The molecule has 35 heavy (non-hydrogen) atoms. The molecule has 0 radical (unpaired) electrons. The zero-order valence-electron chi connectivity index (χ0n) is 21.9. The molecule has 0 aliphatic heterocycles. The first-order valence-electron chi connectivity index (χ1n) is 11.6. The van der Waals surface area contributed by atoms with Gasteiger partial charge in [-0.15, -0.1) is 0 Å². The summed E-state index contributed by atoms with van der Waals surface area (Å²) < 4.78 is 22.2. The number of carbonyl (C=O) groups excluding carboxylic acids is 2. The Morgan fingerprint density at radius 3 is 1.51 bits per heavy atom. The number of phenols is 2. The topological polar surface area (TPSA) is 112 Å². The van der Waals surface area contributed by atoms with Crippen molar-refractivity contribution in [3.63, 3.8) is 0 Å². The van der Waals surface area contributed by atoms with Crippen molar-refractivity contribution in [2.75, 3.05) is 28.4 Å². The van der Waals surface area contributed by atoms with Gasteiger partial charge in [0.2, 0.25) is 0 Å². The monoisotopic (exact) mass is 488 g/mol. The van der Waals surface area contributed by atoms with Crippen molar-refractivity contribution in [2.45, 2.75) is 59.8 Å². The minimum absolute atomic E-state index is 0.0635. The van der Waals surface area contributed by atoms with Crippen LogP contribution >= 0.6 is 0 Å². The van der Waals surface area contributed by atoms with E-state index in [1.807, 2.05) is 13.8 Å². The number of hydrogen-bond donors (Lipinski definition) is 2. The van der Waals surface area contributed by atoms with Gasteiger partial charge in [-0.2, -0.15) is 0 Å². The van der Waals surface area contributed by atoms with Crippen LogP contribution in [-0.4, -0.2) is 50.2 Å². The molecule has 0 aliphatic rings. The summed E-state index contributed by atoms with van der Waals surface area (Å²) in [6.07, 6.45) is 1.63. The van der Waals surface area contributed by atoms with Crippen molar-refractivity contribution < 1.29 is 38.7 Å². The molecule has 0 spiro atoms. The first kappa shape index (κ1) is 27.8. The highest BCUT2D eigenvalue weighted by Crippen LogP contribution is 2.49. The fraction of sp³-hybridized carbons (Fsp3) is 0.481. The van der Waals surface area contributed by atoms with Crippen LogP contribution in [0.3, 0.4) is 0 Å². The van der Waals surface area contributed by atoms with E-state index in [0.29, 0.717) is 29.7 Å². The van der Waals surface area contributed by atoms with E-state index in [0.717, 1.165) is 0 Å². The van der Waals surface area contributed by atoms with Gasteiger partial charge in [-0.1, -0.05) is 13.8 Å². The molecule has 0 fully saturated rings. The summed E-state index contributed by atoms with van der Waals surface area (Å²) in [5.74, 6) is 0.0527. The predicted octanol–water partition coefficient (Wildman–Crippen LogP) is 5.31. The molecule has 0 saturated carbocycles.